The molecule has 160 valence electrons. The maximum atomic E-state index is 13.1. The van der Waals surface area contributed by atoms with Gasteiger partial charge in [-0.3, -0.25) is 14.9 Å². The molecule has 1 fully saturated rings. The van der Waals surface area contributed by atoms with Crippen molar-refractivity contribution in [3.8, 4) is 0 Å². The molecule has 0 aliphatic carbocycles. The topological polar surface area (TPSA) is 87.5 Å². The third kappa shape index (κ3) is 4.81. The summed E-state index contributed by atoms with van der Waals surface area (Å²) in [5.74, 6) is -0.525. The Hall–Kier alpha value is -3.30. The number of halogens is 3. The highest BCUT2D eigenvalue weighted by Crippen LogP contribution is 2.36. The SMILES string of the molecule is Cc1c(NC(=O)CNc2cc(C(F)(F)F)ccc2N2CCCC2)cccc1[N+](=O)[O-]. The number of amides is 1. The van der Waals surface area contributed by atoms with E-state index in [1.54, 1.807) is 0 Å². The van der Waals surface area contributed by atoms with E-state index >= 15 is 0 Å². The van der Waals surface area contributed by atoms with E-state index in [9.17, 15) is 28.1 Å². The molecule has 0 bridgehead atoms. The first-order chi connectivity index (χ1) is 14.2. The molecular weight excluding hydrogens is 401 g/mol. The van der Waals surface area contributed by atoms with Gasteiger partial charge < -0.3 is 15.5 Å². The van der Waals surface area contributed by atoms with Gasteiger partial charge >= 0.3 is 6.18 Å². The standard InChI is InChI=1S/C20H21F3N4O3/c1-13-15(5-4-6-17(13)27(29)30)25-19(28)12-24-16-11-14(20(21,22)23)7-8-18(16)26-9-2-3-10-26/h4-8,11,24H,2-3,9-10,12H2,1H3,(H,25,28). The molecule has 7 nitrogen and oxygen atoms in total. The van der Waals surface area contributed by atoms with Crippen LogP contribution in [0.5, 0.6) is 0 Å². The zero-order valence-corrected chi connectivity index (χ0v) is 16.3. The Kier molecular flexibility index (Phi) is 6.14. The lowest BCUT2D eigenvalue weighted by molar-refractivity contribution is -0.385. The van der Waals surface area contributed by atoms with E-state index in [0.717, 1.165) is 38.1 Å². The number of nitrogens with one attached hydrogen (secondary N) is 2. The third-order valence-corrected chi connectivity index (χ3v) is 4.99. The van der Waals surface area contributed by atoms with E-state index in [-0.39, 0.29) is 23.6 Å². The van der Waals surface area contributed by atoms with Gasteiger partial charge in [-0.15, -0.1) is 0 Å². The molecule has 3 rings (SSSR count). The van der Waals surface area contributed by atoms with Gasteiger partial charge in [0, 0.05) is 19.2 Å². The van der Waals surface area contributed by atoms with E-state index in [1.165, 1.54) is 31.2 Å². The number of hydrogen-bond donors (Lipinski definition) is 2. The van der Waals surface area contributed by atoms with Gasteiger partial charge in [0.1, 0.15) is 0 Å². The molecule has 1 heterocycles. The number of carbonyl (C=O) groups is 1. The van der Waals surface area contributed by atoms with Crippen molar-refractivity contribution in [2.45, 2.75) is 25.9 Å². The molecule has 0 radical (unpaired) electrons. The number of nitro groups is 1. The van der Waals surface area contributed by atoms with Crippen LogP contribution in [0.15, 0.2) is 36.4 Å². The van der Waals surface area contributed by atoms with Gasteiger partial charge in [0.05, 0.1) is 39.7 Å². The smallest absolute Gasteiger partial charge is 0.374 e. The maximum Gasteiger partial charge on any atom is 0.416 e. The van der Waals surface area contributed by atoms with Gasteiger partial charge in [-0.2, -0.15) is 13.2 Å². The molecule has 0 spiro atoms. The van der Waals surface area contributed by atoms with Crippen molar-refractivity contribution in [1.82, 2.24) is 0 Å². The Morgan fingerprint density at radius 2 is 1.87 bits per heavy atom. The normalized spacial score (nSPS) is 13.9. The largest absolute Gasteiger partial charge is 0.416 e. The minimum atomic E-state index is -4.50. The molecule has 1 amide bonds. The molecule has 2 aromatic carbocycles. The van der Waals surface area contributed by atoms with Gasteiger partial charge in [0.2, 0.25) is 5.91 Å². The van der Waals surface area contributed by atoms with E-state index < -0.39 is 22.6 Å². The molecule has 2 N–H and O–H groups in total. The van der Waals surface area contributed by atoms with Crippen LogP contribution in [-0.4, -0.2) is 30.5 Å². The lowest BCUT2D eigenvalue weighted by Crippen LogP contribution is -2.25. The molecule has 1 saturated heterocycles. The van der Waals surface area contributed by atoms with Gasteiger partial charge in [-0.25, -0.2) is 0 Å². The number of alkyl halides is 3. The first-order valence-corrected chi connectivity index (χ1v) is 9.41. The number of nitro benzene ring substituents is 1. The average Bonchev–Trinajstić information content (AvgIpc) is 3.21. The summed E-state index contributed by atoms with van der Waals surface area (Å²) in [6.45, 7) is 2.70. The number of hydrogen-bond acceptors (Lipinski definition) is 5. The highest BCUT2D eigenvalue weighted by molar-refractivity contribution is 5.95. The summed E-state index contributed by atoms with van der Waals surface area (Å²) in [5.41, 5.74) is 0.475. The second-order valence-electron chi connectivity index (χ2n) is 7.03. The summed E-state index contributed by atoms with van der Waals surface area (Å²) in [6.07, 6.45) is -2.59. The van der Waals surface area contributed by atoms with E-state index in [4.69, 9.17) is 0 Å². The lowest BCUT2D eigenvalue weighted by atomic mass is 10.1. The Labute approximate surface area is 171 Å². The predicted octanol–water partition coefficient (Wildman–Crippen LogP) is 4.57. The molecule has 30 heavy (non-hydrogen) atoms. The van der Waals surface area contributed by atoms with Gasteiger partial charge in [0.15, 0.2) is 0 Å². The molecule has 2 aromatic rings. The quantitative estimate of drug-likeness (QED) is 0.526. The van der Waals surface area contributed by atoms with Gasteiger partial charge in [-0.1, -0.05) is 6.07 Å². The number of nitrogens with zero attached hydrogens (tertiary/aromatic N) is 2. The van der Waals surface area contributed by atoms with Crippen LogP contribution in [0.4, 0.5) is 35.9 Å². The Bertz CT molecular complexity index is 957. The summed E-state index contributed by atoms with van der Waals surface area (Å²) >= 11 is 0. The molecule has 0 aromatic heterocycles. The molecular formula is C20H21F3N4O3. The summed E-state index contributed by atoms with van der Waals surface area (Å²) in [6, 6.07) is 7.75. The molecule has 0 saturated carbocycles. The monoisotopic (exact) mass is 422 g/mol. The molecule has 1 aliphatic heterocycles. The first kappa shape index (κ1) is 21.4. The minimum Gasteiger partial charge on any atom is -0.374 e. The maximum absolute atomic E-state index is 13.1. The molecule has 10 heteroatoms. The summed E-state index contributed by atoms with van der Waals surface area (Å²) < 4.78 is 39.4. The summed E-state index contributed by atoms with van der Waals surface area (Å²) in [7, 11) is 0. The number of benzene rings is 2. The van der Waals surface area contributed by atoms with Crippen molar-refractivity contribution in [3.05, 3.63) is 57.6 Å². The summed E-state index contributed by atoms with van der Waals surface area (Å²) in [5, 5.41) is 16.4. The van der Waals surface area contributed by atoms with Crippen LogP contribution in [0.3, 0.4) is 0 Å². The predicted molar refractivity (Wildman–Crippen MR) is 108 cm³/mol. The van der Waals surface area contributed by atoms with Crippen LogP contribution in [0, 0.1) is 17.0 Å². The molecule has 0 unspecified atom stereocenters. The highest BCUT2D eigenvalue weighted by atomic mass is 19.4. The van der Waals surface area contributed by atoms with Crippen LogP contribution in [-0.2, 0) is 11.0 Å². The minimum absolute atomic E-state index is 0.130. The number of carbonyl (C=O) groups excluding carboxylic acids is 1. The van der Waals surface area contributed by atoms with Crippen molar-refractivity contribution in [3.63, 3.8) is 0 Å². The Morgan fingerprint density at radius 3 is 2.50 bits per heavy atom. The van der Waals surface area contributed by atoms with Crippen LogP contribution < -0.4 is 15.5 Å². The van der Waals surface area contributed by atoms with Crippen molar-refractivity contribution in [1.29, 1.82) is 0 Å². The fourth-order valence-corrected chi connectivity index (χ4v) is 3.41. The third-order valence-electron chi connectivity index (χ3n) is 4.99. The second kappa shape index (κ2) is 8.60. The summed E-state index contributed by atoms with van der Waals surface area (Å²) in [4.78, 5) is 24.8. The lowest BCUT2D eigenvalue weighted by Gasteiger charge is -2.23. The molecule has 0 atom stereocenters. The van der Waals surface area contributed by atoms with E-state index in [0.29, 0.717) is 11.3 Å². The Balaban J connectivity index is 1.76. The van der Waals surface area contributed by atoms with Gasteiger partial charge in [-0.05, 0) is 44.0 Å². The highest BCUT2D eigenvalue weighted by Gasteiger charge is 2.31. The zero-order valence-electron chi connectivity index (χ0n) is 16.3. The van der Waals surface area contributed by atoms with Crippen LogP contribution in [0.2, 0.25) is 0 Å². The van der Waals surface area contributed by atoms with Crippen LogP contribution in [0.25, 0.3) is 0 Å². The van der Waals surface area contributed by atoms with E-state index in [2.05, 4.69) is 10.6 Å². The molecule has 1 aliphatic rings. The van der Waals surface area contributed by atoms with Crippen molar-refractivity contribution in [2.75, 3.05) is 35.2 Å². The van der Waals surface area contributed by atoms with Crippen molar-refractivity contribution >= 4 is 28.7 Å². The van der Waals surface area contributed by atoms with Gasteiger partial charge in [0.25, 0.3) is 5.69 Å². The Morgan fingerprint density at radius 1 is 1.17 bits per heavy atom. The number of rotatable bonds is 6. The average molecular weight is 422 g/mol. The second-order valence-corrected chi connectivity index (χ2v) is 7.03. The van der Waals surface area contributed by atoms with Crippen molar-refractivity contribution in [2.24, 2.45) is 0 Å². The number of anilines is 3. The van der Waals surface area contributed by atoms with Crippen molar-refractivity contribution < 1.29 is 22.9 Å². The fraction of sp³-hybridized carbons (Fsp3) is 0.350. The van der Waals surface area contributed by atoms with E-state index in [1.807, 2.05) is 4.90 Å². The first-order valence-electron chi connectivity index (χ1n) is 9.41. The zero-order chi connectivity index (χ0) is 21.9. The van der Waals surface area contributed by atoms with Crippen LogP contribution in [0.1, 0.15) is 24.0 Å². The fourth-order valence-electron chi connectivity index (χ4n) is 3.41. The van der Waals surface area contributed by atoms with Crippen LogP contribution >= 0.6 is 0 Å².